The largest absolute Gasteiger partial charge is 0.480 e. The van der Waals surface area contributed by atoms with E-state index in [0.717, 1.165) is 0 Å². The van der Waals surface area contributed by atoms with Crippen molar-refractivity contribution in [1.29, 1.82) is 0 Å². The standard InChI is InChI=1S/C20H20Cl2N2O4/c21-15-8-4-13(5-9-15)18(25)23-12-2-1-3-17(20(27)28)24-19(26)14-6-10-16(22)11-7-14/h4-11,17H,1-3,12H2,(H,23,25)(H,24,26)(H,27,28)/t17-/m0/s1. The molecule has 2 aromatic rings. The van der Waals surface area contributed by atoms with Gasteiger partial charge in [0.05, 0.1) is 0 Å². The Hall–Kier alpha value is -2.57. The summed E-state index contributed by atoms with van der Waals surface area (Å²) in [5.41, 5.74) is 0.842. The molecule has 8 heteroatoms. The third-order valence-corrected chi connectivity index (χ3v) is 4.53. The van der Waals surface area contributed by atoms with Crippen molar-refractivity contribution in [3.63, 3.8) is 0 Å². The molecule has 2 amide bonds. The summed E-state index contributed by atoms with van der Waals surface area (Å²) in [6.07, 6.45) is 1.37. The van der Waals surface area contributed by atoms with Crippen LogP contribution >= 0.6 is 23.2 Å². The zero-order valence-electron chi connectivity index (χ0n) is 15.0. The van der Waals surface area contributed by atoms with Gasteiger partial charge in [-0.3, -0.25) is 9.59 Å². The van der Waals surface area contributed by atoms with Crippen LogP contribution in [0, 0.1) is 0 Å². The molecule has 0 aliphatic rings. The van der Waals surface area contributed by atoms with Gasteiger partial charge in [0, 0.05) is 27.7 Å². The molecule has 6 nitrogen and oxygen atoms in total. The van der Waals surface area contributed by atoms with Gasteiger partial charge in [-0.1, -0.05) is 23.2 Å². The highest BCUT2D eigenvalue weighted by molar-refractivity contribution is 6.31. The molecule has 0 unspecified atom stereocenters. The van der Waals surface area contributed by atoms with Crippen LogP contribution in [0.2, 0.25) is 10.0 Å². The number of nitrogens with one attached hydrogen (secondary N) is 2. The Morgan fingerprint density at radius 3 is 1.82 bits per heavy atom. The third-order valence-electron chi connectivity index (χ3n) is 4.02. The Labute approximate surface area is 172 Å². The van der Waals surface area contributed by atoms with Crippen LogP contribution < -0.4 is 10.6 Å². The van der Waals surface area contributed by atoms with Crippen molar-refractivity contribution < 1.29 is 19.5 Å². The van der Waals surface area contributed by atoms with Crippen molar-refractivity contribution in [3.8, 4) is 0 Å². The second kappa shape index (κ2) is 10.7. The lowest BCUT2D eigenvalue weighted by molar-refractivity contribution is -0.139. The molecule has 1 atom stereocenters. The van der Waals surface area contributed by atoms with Crippen LogP contribution in [-0.4, -0.2) is 35.5 Å². The number of hydrogen-bond donors (Lipinski definition) is 3. The Morgan fingerprint density at radius 2 is 1.32 bits per heavy atom. The number of carboxylic acid groups (broad SMARTS) is 1. The molecule has 0 saturated heterocycles. The number of amides is 2. The summed E-state index contributed by atoms with van der Waals surface area (Å²) in [4.78, 5) is 35.5. The number of carbonyl (C=O) groups is 3. The van der Waals surface area contributed by atoms with E-state index in [4.69, 9.17) is 23.2 Å². The van der Waals surface area contributed by atoms with Crippen LogP contribution in [0.5, 0.6) is 0 Å². The van der Waals surface area contributed by atoms with E-state index in [1.54, 1.807) is 36.4 Å². The normalized spacial score (nSPS) is 11.5. The number of unbranched alkanes of at least 4 members (excludes halogenated alkanes) is 1. The lowest BCUT2D eigenvalue weighted by Crippen LogP contribution is -2.40. The van der Waals surface area contributed by atoms with Crippen LogP contribution in [-0.2, 0) is 4.79 Å². The van der Waals surface area contributed by atoms with E-state index in [0.29, 0.717) is 40.6 Å². The highest BCUT2D eigenvalue weighted by Gasteiger charge is 2.20. The maximum Gasteiger partial charge on any atom is 0.326 e. The molecule has 0 heterocycles. The maximum absolute atomic E-state index is 12.1. The minimum Gasteiger partial charge on any atom is -0.480 e. The molecule has 148 valence electrons. The smallest absolute Gasteiger partial charge is 0.326 e. The lowest BCUT2D eigenvalue weighted by atomic mass is 10.1. The van der Waals surface area contributed by atoms with Crippen LogP contribution in [0.15, 0.2) is 48.5 Å². The number of carbonyl (C=O) groups excluding carboxylic acids is 2. The molecule has 0 radical (unpaired) electrons. The molecule has 0 aliphatic carbocycles. The highest BCUT2D eigenvalue weighted by Crippen LogP contribution is 2.11. The zero-order valence-corrected chi connectivity index (χ0v) is 16.5. The van der Waals surface area contributed by atoms with Crippen molar-refractivity contribution in [3.05, 3.63) is 69.7 Å². The first kappa shape index (κ1) is 21.7. The predicted octanol–water partition coefficient (Wildman–Crippen LogP) is 3.78. The van der Waals surface area contributed by atoms with Crippen molar-refractivity contribution in [2.75, 3.05) is 6.54 Å². The third kappa shape index (κ3) is 6.87. The minimum absolute atomic E-state index is 0.220. The average molecular weight is 423 g/mol. The topological polar surface area (TPSA) is 95.5 Å². The molecular weight excluding hydrogens is 403 g/mol. The summed E-state index contributed by atoms with van der Waals surface area (Å²) in [6, 6.07) is 11.7. The van der Waals surface area contributed by atoms with Gasteiger partial charge in [-0.15, -0.1) is 0 Å². The van der Waals surface area contributed by atoms with Gasteiger partial charge in [0.15, 0.2) is 0 Å². The van der Waals surface area contributed by atoms with Crippen molar-refractivity contribution in [2.24, 2.45) is 0 Å². The van der Waals surface area contributed by atoms with E-state index in [1.165, 1.54) is 12.1 Å². The SMILES string of the molecule is O=C(NCCCC[C@H](NC(=O)c1ccc(Cl)cc1)C(=O)O)c1ccc(Cl)cc1. The molecule has 0 saturated carbocycles. The van der Waals surface area contributed by atoms with Gasteiger partial charge in [0.1, 0.15) is 6.04 Å². The molecule has 2 rings (SSSR count). The zero-order chi connectivity index (χ0) is 20.5. The van der Waals surface area contributed by atoms with E-state index in [2.05, 4.69) is 10.6 Å². The fraction of sp³-hybridized carbons (Fsp3) is 0.250. The van der Waals surface area contributed by atoms with Gasteiger partial charge >= 0.3 is 5.97 Å². The lowest BCUT2D eigenvalue weighted by Gasteiger charge is -2.14. The Kier molecular flexibility index (Phi) is 8.29. The minimum atomic E-state index is -1.10. The number of rotatable bonds is 9. The first-order valence-corrected chi connectivity index (χ1v) is 9.45. The van der Waals surface area contributed by atoms with Crippen molar-refractivity contribution >= 4 is 41.0 Å². The van der Waals surface area contributed by atoms with E-state index in [9.17, 15) is 19.5 Å². The van der Waals surface area contributed by atoms with Gasteiger partial charge in [-0.2, -0.15) is 0 Å². The van der Waals surface area contributed by atoms with E-state index < -0.39 is 17.9 Å². The number of halogens is 2. The molecule has 3 N–H and O–H groups in total. The summed E-state index contributed by atoms with van der Waals surface area (Å²) in [6.45, 7) is 0.402. The van der Waals surface area contributed by atoms with Gasteiger partial charge in [0.25, 0.3) is 11.8 Å². The van der Waals surface area contributed by atoms with Crippen LogP contribution in [0.25, 0.3) is 0 Å². The van der Waals surface area contributed by atoms with Crippen LogP contribution in [0.3, 0.4) is 0 Å². The van der Waals surface area contributed by atoms with Gasteiger partial charge in [-0.05, 0) is 67.8 Å². The maximum atomic E-state index is 12.1. The molecule has 0 spiro atoms. The van der Waals surface area contributed by atoms with Crippen LogP contribution in [0.4, 0.5) is 0 Å². The Bertz CT molecular complexity index is 823. The fourth-order valence-electron chi connectivity index (χ4n) is 2.48. The number of hydrogen-bond acceptors (Lipinski definition) is 3. The Balaban J connectivity index is 1.74. The first-order valence-electron chi connectivity index (χ1n) is 8.70. The van der Waals surface area contributed by atoms with E-state index >= 15 is 0 Å². The quantitative estimate of drug-likeness (QED) is 0.535. The van der Waals surface area contributed by atoms with Gasteiger partial charge in [-0.25, -0.2) is 4.79 Å². The fourth-order valence-corrected chi connectivity index (χ4v) is 2.73. The summed E-state index contributed by atoms with van der Waals surface area (Å²) < 4.78 is 0. The van der Waals surface area contributed by atoms with E-state index in [1.807, 2.05) is 0 Å². The first-order chi connectivity index (χ1) is 13.4. The van der Waals surface area contributed by atoms with Gasteiger partial charge in [0.2, 0.25) is 0 Å². The summed E-state index contributed by atoms with van der Waals surface area (Å²) in [7, 11) is 0. The second-order valence-corrected chi connectivity index (χ2v) is 7.00. The second-order valence-electron chi connectivity index (χ2n) is 6.13. The molecule has 0 aliphatic heterocycles. The number of carboxylic acids is 1. The molecule has 28 heavy (non-hydrogen) atoms. The Morgan fingerprint density at radius 1 is 0.821 bits per heavy atom. The molecule has 0 aromatic heterocycles. The molecule has 0 fully saturated rings. The molecule has 0 bridgehead atoms. The number of aliphatic carboxylic acids is 1. The highest BCUT2D eigenvalue weighted by atomic mass is 35.5. The summed E-state index contributed by atoms with van der Waals surface area (Å²) in [5, 5.41) is 15.6. The average Bonchev–Trinajstić information content (AvgIpc) is 2.67. The van der Waals surface area contributed by atoms with Crippen molar-refractivity contribution in [1.82, 2.24) is 10.6 Å². The molecule has 2 aromatic carbocycles. The summed E-state index contributed by atoms with van der Waals surface area (Å²) in [5.74, 6) is -1.80. The van der Waals surface area contributed by atoms with Crippen molar-refractivity contribution in [2.45, 2.75) is 25.3 Å². The monoisotopic (exact) mass is 422 g/mol. The van der Waals surface area contributed by atoms with E-state index in [-0.39, 0.29) is 12.3 Å². The summed E-state index contributed by atoms with van der Waals surface area (Å²) >= 11 is 11.6. The predicted molar refractivity (Wildman–Crippen MR) is 108 cm³/mol. The van der Waals surface area contributed by atoms with Gasteiger partial charge < -0.3 is 15.7 Å². The van der Waals surface area contributed by atoms with Crippen LogP contribution in [0.1, 0.15) is 40.0 Å². The molecular formula is C20H20Cl2N2O4. The number of benzene rings is 2.